The summed E-state index contributed by atoms with van der Waals surface area (Å²) >= 11 is 3.36. The molecule has 2 aromatic rings. The van der Waals surface area contributed by atoms with Crippen molar-refractivity contribution < 1.29 is 9.47 Å². The van der Waals surface area contributed by atoms with E-state index < -0.39 is 0 Å². The van der Waals surface area contributed by atoms with Gasteiger partial charge in [0.05, 0.1) is 18.5 Å². The predicted molar refractivity (Wildman–Crippen MR) is 80.3 cm³/mol. The topological polar surface area (TPSA) is 70.5 Å². The molecule has 0 amide bonds. The minimum Gasteiger partial charge on any atom is -0.497 e. The van der Waals surface area contributed by atoms with Gasteiger partial charge in [0.25, 0.3) is 0 Å². The molecule has 0 heterocycles. The number of benzene rings is 2. The Morgan fingerprint density at radius 1 is 1.11 bits per heavy atom. The van der Waals surface area contributed by atoms with Gasteiger partial charge in [0.1, 0.15) is 18.1 Å². The molecular formula is C14H15BrN2O2. The van der Waals surface area contributed by atoms with Crippen LogP contribution in [0.5, 0.6) is 11.5 Å². The highest BCUT2D eigenvalue weighted by Crippen LogP contribution is 2.32. The van der Waals surface area contributed by atoms with Crippen LogP contribution < -0.4 is 20.9 Å². The number of hydrogen-bond acceptors (Lipinski definition) is 4. The van der Waals surface area contributed by atoms with Crippen LogP contribution in [0.3, 0.4) is 0 Å². The maximum Gasteiger partial charge on any atom is 0.145 e. The molecule has 0 unspecified atom stereocenters. The molecule has 4 nitrogen and oxygen atoms in total. The van der Waals surface area contributed by atoms with Gasteiger partial charge in [-0.25, -0.2) is 0 Å². The zero-order valence-corrected chi connectivity index (χ0v) is 12.1. The van der Waals surface area contributed by atoms with Crippen molar-refractivity contribution in [1.29, 1.82) is 0 Å². The molecule has 2 rings (SSSR count). The van der Waals surface area contributed by atoms with Crippen molar-refractivity contribution in [3.63, 3.8) is 0 Å². The third-order valence-electron chi connectivity index (χ3n) is 2.69. The quantitative estimate of drug-likeness (QED) is 0.848. The van der Waals surface area contributed by atoms with E-state index in [0.29, 0.717) is 23.7 Å². The lowest BCUT2D eigenvalue weighted by Gasteiger charge is -2.11. The van der Waals surface area contributed by atoms with Crippen LogP contribution in [0, 0.1) is 0 Å². The SMILES string of the molecule is COc1ccc(COc2cc(Br)cc(N)c2N)cc1. The maximum absolute atomic E-state index is 5.87. The zero-order valence-electron chi connectivity index (χ0n) is 10.5. The molecule has 0 saturated heterocycles. The lowest BCUT2D eigenvalue weighted by atomic mass is 10.2. The number of rotatable bonds is 4. The Balaban J connectivity index is 2.09. The summed E-state index contributed by atoms with van der Waals surface area (Å²) < 4.78 is 11.6. The highest BCUT2D eigenvalue weighted by atomic mass is 79.9. The van der Waals surface area contributed by atoms with Gasteiger partial charge in [-0.05, 0) is 29.8 Å². The summed E-state index contributed by atoms with van der Waals surface area (Å²) in [6, 6.07) is 11.2. The highest BCUT2D eigenvalue weighted by molar-refractivity contribution is 9.10. The second-order valence-corrected chi connectivity index (χ2v) is 4.96. The Bertz CT molecular complexity index is 570. The van der Waals surface area contributed by atoms with E-state index in [1.165, 1.54) is 0 Å². The number of methoxy groups -OCH3 is 1. The van der Waals surface area contributed by atoms with Crippen molar-refractivity contribution in [2.75, 3.05) is 18.6 Å². The van der Waals surface area contributed by atoms with Crippen LogP contribution in [0.25, 0.3) is 0 Å². The Kier molecular flexibility index (Phi) is 4.16. The molecule has 100 valence electrons. The van der Waals surface area contributed by atoms with E-state index in [2.05, 4.69) is 15.9 Å². The third-order valence-corrected chi connectivity index (χ3v) is 3.15. The van der Waals surface area contributed by atoms with E-state index in [-0.39, 0.29) is 0 Å². The smallest absolute Gasteiger partial charge is 0.145 e. The molecule has 19 heavy (non-hydrogen) atoms. The van der Waals surface area contributed by atoms with Crippen LogP contribution in [-0.2, 0) is 6.61 Å². The average molecular weight is 323 g/mol. The largest absolute Gasteiger partial charge is 0.497 e. The molecule has 0 aliphatic heterocycles. The van der Waals surface area contributed by atoms with Crippen LogP contribution in [0.4, 0.5) is 11.4 Å². The maximum atomic E-state index is 5.87. The fourth-order valence-electron chi connectivity index (χ4n) is 1.62. The monoisotopic (exact) mass is 322 g/mol. The Hall–Kier alpha value is -1.88. The summed E-state index contributed by atoms with van der Waals surface area (Å²) in [6.07, 6.45) is 0. The normalized spacial score (nSPS) is 10.2. The summed E-state index contributed by atoms with van der Waals surface area (Å²) in [6.45, 7) is 0.421. The minimum absolute atomic E-state index is 0.421. The van der Waals surface area contributed by atoms with Gasteiger partial charge in [0.15, 0.2) is 0 Å². The van der Waals surface area contributed by atoms with Crippen LogP contribution >= 0.6 is 15.9 Å². The van der Waals surface area contributed by atoms with Crippen molar-refractivity contribution in [3.8, 4) is 11.5 Å². The molecule has 0 aliphatic rings. The van der Waals surface area contributed by atoms with Crippen molar-refractivity contribution in [3.05, 3.63) is 46.4 Å². The van der Waals surface area contributed by atoms with Crippen molar-refractivity contribution in [2.45, 2.75) is 6.61 Å². The molecule has 0 atom stereocenters. The second-order valence-electron chi connectivity index (χ2n) is 4.04. The number of nitrogen functional groups attached to an aromatic ring is 2. The van der Waals surface area contributed by atoms with E-state index in [9.17, 15) is 0 Å². The molecule has 0 bridgehead atoms. The molecule has 0 saturated carbocycles. The van der Waals surface area contributed by atoms with Gasteiger partial charge in [0, 0.05) is 4.47 Å². The average Bonchev–Trinajstić information content (AvgIpc) is 2.41. The number of hydrogen-bond donors (Lipinski definition) is 2. The molecule has 4 N–H and O–H groups in total. The van der Waals surface area contributed by atoms with E-state index in [0.717, 1.165) is 15.8 Å². The zero-order chi connectivity index (χ0) is 13.8. The van der Waals surface area contributed by atoms with Crippen molar-refractivity contribution >= 4 is 27.3 Å². The molecular weight excluding hydrogens is 308 g/mol. The van der Waals surface area contributed by atoms with Gasteiger partial charge in [-0.15, -0.1) is 0 Å². The first-order chi connectivity index (χ1) is 9.10. The van der Waals surface area contributed by atoms with Gasteiger partial charge in [-0.3, -0.25) is 0 Å². The summed E-state index contributed by atoms with van der Waals surface area (Å²) in [5, 5.41) is 0. The van der Waals surface area contributed by atoms with E-state index in [1.54, 1.807) is 19.2 Å². The molecule has 0 spiro atoms. The van der Waals surface area contributed by atoms with E-state index in [1.807, 2.05) is 24.3 Å². The summed E-state index contributed by atoms with van der Waals surface area (Å²) in [5.41, 5.74) is 13.6. The minimum atomic E-state index is 0.421. The molecule has 0 aliphatic carbocycles. The van der Waals surface area contributed by atoms with Crippen LogP contribution in [-0.4, -0.2) is 7.11 Å². The van der Waals surface area contributed by atoms with Gasteiger partial charge >= 0.3 is 0 Å². The summed E-state index contributed by atoms with van der Waals surface area (Å²) in [4.78, 5) is 0. The standard InChI is InChI=1S/C14H15BrN2O2/c1-18-11-4-2-9(3-5-11)8-19-13-7-10(15)6-12(16)14(13)17/h2-7H,8,16-17H2,1H3. The Labute approximate surface area is 120 Å². The van der Waals surface area contributed by atoms with Gasteiger partial charge < -0.3 is 20.9 Å². The Morgan fingerprint density at radius 3 is 2.42 bits per heavy atom. The Morgan fingerprint density at radius 2 is 1.79 bits per heavy atom. The predicted octanol–water partition coefficient (Wildman–Crippen LogP) is 3.20. The number of nitrogens with two attached hydrogens (primary N) is 2. The summed E-state index contributed by atoms with van der Waals surface area (Å²) in [5.74, 6) is 1.39. The number of ether oxygens (including phenoxy) is 2. The first kappa shape index (κ1) is 13.5. The van der Waals surface area contributed by atoms with E-state index in [4.69, 9.17) is 20.9 Å². The van der Waals surface area contributed by atoms with Gasteiger partial charge in [-0.2, -0.15) is 0 Å². The first-order valence-electron chi connectivity index (χ1n) is 5.70. The molecule has 0 aromatic heterocycles. The lowest BCUT2D eigenvalue weighted by Crippen LogP contribution is -2.01. The molecule has 2 aromatic carbocycles. The second kappa shape index (κ2) is 5.84. The van der Waals surface area contributed by atoms with Crippen LogP contribution in [0.1, 0.15) is 5.56 Å². The third kappa shape index (κ3) is 3.32. The molecule has 0 fully saturated rings. The summed E-state index contributed by atoms with van der Waals surface area (Å²) in [7, 11) is 1.64. The van der Waals surface area contributed by atoms with Gasteiger partial charge in [-0.1, -0.05) is 28.1 Å². The lowest BCUT2D eigenvalue weighted by molar-refractivity contribution is 0.307. The number of anilines is 2. The van der Waals surface area contributed by atoms with E-state index >= 15 is 0 Å². The van der Waals surface area contributed by atoms with Crippen LogP contribution in [0.2, 0.25) is 0 Å². The van der Waals surface area contributed by atoms with Crippen molar-refractivity contribution in [2.24, 2.45) is 0 Å². The molecule has 5 heteroatoms. The highest BCUT2D eigenvalue weighted by Gasteiger charge is 2.06. The van der Waals surface area contributed by atoms with Crippen molar-refractivity contribution in [1.82, 2.24) is 0 Å². The van der Waals surface area contributed by atoms with Crippen LogP contribution in [0.15, 0.2) is 40.9 Å². The molecule has 0 radical (unpaired) electrons. The fraction of sp³-hybridized carbons (Fsp3) is 0.143. The number of halogens is 1. The fourth-order valence-corrected chi connectivity index (χ4v) is 2.07. The van der Waals surface area contributed by atoms with Gasteiger partial charge in [0.2, 0.25) is 0 Å². The first-order valence-corrected chi connectivity index (χ1v) is 6.49.